The van der Waals surface area contributed by atoms with Gasteiger partial charge in [0.2, 0.25) is 8.32 Å². The van der Waals surface area contributed by atoms with Gasteiger partial charge >= 0.3 is 0 Å². The van der Waals surface area contributed by atoms with Crippen LogP contribution in [-0.2, 0) is 9.16 Å². The maximum atomic E-state index is 9.61. The molecule has 1 saturated heterocycles. The van der Waals surface area contributed by atoms with Crippen LogP contribution in [0.1, 0.15) is 54.4 Å². The Bertz CT molecular complexity index is 232. The van der Waals surface area contributed by atoms with E-state index in [2.05, 4.69) is 41.5 Å². The molecule has 4 heteroatoms. The van der Waals surface area contributed by atoms with Crippen molar-refractivity contribution >= 4 is 8.32 Å². The van der Waals surface area contributed by atoms with Crippen molar-refractivity contribution in [2.45, 2.75) is 83.4 Å². The van der Waals surface area contributed by atoms with E-state index in [9.17, 15) is 5.11 Å². The minimum absolute atomic E-state index is 0.174. The van der Waals surface area contributed by atoms with Gasteiger partial charge in [0.05, 0.1) is 12.7 Å². The van der Waals surface area contributed by atoms with Crippen LogP contribution in [0, 0.1) is 0 Å². The molecule has 0 saturated carbocycles. The Morgan fingerprint density at radius 1 is 1.06 bits per heavy atom. The molecule has 0 aromatic carbocycles. The Morgan fingerprint density at radius 3 is 1.94 bits per heavy atom. The first-order valence-electron chi connectivity index (χ1n) is 7.28. The van der Waals surface area contributed by atoms with Gasteiger partial charge in [-0.15, -0.1) is 0 Å². The fraction of sp³-hybridized carbons (Fsp3) is 1.00. The summed E-state index contributed by atoms with van der Waals surface area (Å²) >= 11 is 0. The van der Waals surface area contributed by atoms with Crippen molar-refractivity contribution in [3.63, 3.8) is 0 Å². The third-order valence-electron chi connectivity index (χ3n) is 4.29. The van der Waals surface area contributed by atoms with Crippen LogP contribution in [0.2, 0.25) is 16.6 Å². The third kappa shape index (κ3) is 3.35. The highest BCUT2D eigenvalue weighted by atomic mass is 28.4. The van der Waals surface area contributed by atoms with E-state index < -0.39 is 14.6 Å². The maximum Gasteiger partial charge on any atom is 0.200 e. The zero-order valence-corrected chi connectivity index (χ0v) is 13.8. The lowest BCUT2D eigenvalue weighted by Gasteiger charge is -2.45. The molecule has 0 amide bonds. The number of hydrogen-bond acceptors (Lipinski definition) is 3. The maximum absolute atomic E-state index is 9.61. The molecule has 18 heavy (non-hydrogen) atoms. The number of aliphatic hydroxyl groups is 1. The summed E-state index contributed by atoms with van der Waals surface area (Å²) in [5.74, 6) is 0. The predicted octanol–water partition coefficient (Wildman–Crippen LogP) is 3.68. The molecular weight excluding hydrogens is 244 g/mol. The summed E-state index contributed by atoms with van der Waals surface area (Å²) in [5.41, 5.74) is 1.78. The second-order valence-corrected chi connectivity index (χ2v) is 11.8. The van der Waals surface area contributed by atoms with Crippen molar-refractivity contribution < 1.29 is 14.3 Å². The van der Waals surface area contributed by atoms with Crippen molar-refractivity contribution in [3.8, 4) is 0 Å². The van der Waals surface area contributed by atoms with E-state index in [1.54, 1.807) is 0 Å². The molecule has 1 aliphatic rings. The molecule has 1 N–H and O–H groups in total. The van der Waals surface area contributed by atoms with Gasteiger partial charge in [0.1, 0.15) is 0 Å². The zero-order chi connectivity index (χ0) is 13.9. The van der Waals surface area contributed by atoms with Gasteiger partial charge in [-0.25, -0.2) is 0 Å². The average Bonchev–Trinajstić information content (AvgIpc) is 2.24. The van der Waals surface area contributed by atoms with Gasteiger partial charge < -0.3 is 14.3 Å². The first-order chi connectivity index (χ1) is 8.30. The molecule has 1 fully saturated rings. The summed E-state index contributed by atoms with van der Waals surface area (Å²) in [6, 6.07) is 0. The molecule has 3 nitrogen and oxygen atoms in total. The number of rotatable bonds is 5. The summed E-state index contributed by atoms with van der Waals surface area (Å²) in [4.78, 5) is 0. The van der Waals surface area contributed by atoms with Crippen LogP contribution < -0.4 is 0 Å². The zero-order valence-electron chi connectivity index (χ0n) is 12.8. The summed E-state index contributed by atoms with van der Waals surface area (Å²) in [5, 5.41) is 9.61. The van der Waals surface area contributed by atoms with Crippen LogP contribution in [0.15, 0.2) is 0 Å². The van der Waals surface area contributed by atoms with Crippen LogP contribution in [0.25, 0.3) is 0 Å². The summed E-state index contributed by atoms with van der Waals surface area (Å²) < 4.78 is 11.8. The van der Waals surface area contributed by atoms with E-state index in [0.29, 0.717) is 29.7 Å². The number of ether oxygens (including phenoxy) is 1. The summed E-state index contributed by atoms with van der Waals surface area (Å²) in [6.07, 6.45) is 1.08. The molecular formula is C14H30O3Si. The van der Waals surface area contributed by atoms with E-state index in [4.69, 9.17) is 9.16 Å². The highest BCUT2D eigenvalue weighted by molar-refractivity contribution is 6.77. The molecule has 0 aliphatic carbocycles. The Morgan fingerprint density at radius 2 is 1.56 bits per heavy atom. The topological polar surface area (TPSA) is 38.7 Å². The number of aliphatic hydroxyl groups excluding tert-OH is 1. The lowest BCUT2D eigenvalue weighted by Crippen LogP contribution is -2.51. The normalized spacial score (nSPS) is 26.3. The van der Waals surface area contributed by atoms with Crippen LogP contribution >= 0.6 is 0 Å². The van der Waals surface area contributed by atoms with Gasteiger partial charge in [-0.3, -0.25) is 0 Å². The monoisotopic (exact) mass is 274 g/mol. The molecule has 0 spiro atoms. The van der Waals surface area contributed by atoms with Crippen LogP contribution in [0.3, 0.4) is 0 Å². The summed E-state index contributed by atoms with van der Waals surface area (Å²) in [7, 11) is -1.81. The first-order valence-corrected chi connectivity index (χ1v) is 9.42. The van der Waals surface area contributed by atoms with E-state index in [-0.39, 0.29) is 6.10 Å². The van der Waals surface area contributed by atoms with Gasteiger partial charge in [-0.1, -0.05) is 41.5 Å². The van der Waals surface area contributed by atoms with E-state index in [1.807, 2.05) is 0 Å². The molecule has 0 aromatic heterocycles. The molecule has 0 radical (unpaired) electrons. The lowest BCUT2D eigenvalue weighted by atomic mass is 10.1. The summed E-state index contributed by atoms with van der Waals surface area (Å²) in [6.45, 7) is 14.4. The van der Waals surface area contributed by atoms with Crippen LogP contribution in [-0.4, -0.2) is 32.4 Å². The fourth-order valence-corrected chi connectivity index (χ4v) is 9.16. The lowest BCUT2D eigenvalue weighted by molar-refractivity contribution is -0.150. The quantitative estimate of drug-likeness (QED) is 0.777. The van der Waals surface area contributed by atoms with Gasteiger partial charge in [0, 0.05) is 6.42 Å². The molecule has 0 aromatic rings. The van der Waals surface area contributed by atoms with Gasteiger partial charge in [-0.2, -0.15) is 0 Å². The Labute approximate surface area is 113 Å². The minimum atomic E-state index is -1.81. The molecule has 2 atom stereocenters. The molecule has 0 bridgehead atoms. The standard InChI is InChI=1S/C14H30O3Si/c1-10(2)18(11(3)4,12(5)6)17-13-7-8-16-14(15)9-13/h10-15H,7-9H2,1-6H3. The van der Waals surface area contributed by atoms with E-state index in [1.165, 1.54) is 0 Å². The Hall–Kier alpha value is 0.0969. The molecule has 1 heterocycles. The Kier molecular flexibility index (Phi) is 5.84. The second-order valence-electron chi connectivity index (χ2n) is 6.41. The predicted molar refractivity (Wildman–Crippen MR) is 77.1 cm³/mol. The minimum Gasteiger partial charge on any atom is -0.413 e. The molecule has 1 rings (SSSR count). The van der Waals surface area contributed by atoms with Crippen LogP contribution in [0.5, 0.6) is 0 Å². The van der Waals surface area contributed by atoms with Crippen molar-refractivity contribution in [1.82, 2.24) is 0 Å². The van der Waals surface area contributed by atoms with Gasteiger partial charge in [-0.05, 0) is 23.0 Å². The third-order valence-corrected chi connectivity index (χ3v) is 10.4. The molecule has 108 valence electrons. The van der Waals surface area contributed by atoms with Gasteiger partial charge in [0.25, 0.3) is 0 Å². The average molecular weight is 274 g/mol. The van der Waals surface area contributed by atoms with Gasteiger partial charge in [0.15, 0.2) is 6.29 Å². The van der Waals surface area contributed by atoms with Crippen molar-refractivity contribution in [2.24, 2.45) is 0 Å². The SMILES string of the molecule is CC(C)[Si](OC1CCOC(O)C1)(C(C)C)C(C)C. The highest BCUT2D eigenvalue weighted by Crippen LogP contribution is 2.43. The van der Waals surface area contributed by atoms with Crippen LogP contribution in [0.4, 0.5) is 0 Å². The molecule has 2 unspecified atom stereocenters. The smallest absolute Gasteiger partial charge is 0.200 e. The van der Waals surface area contributed by atoms with E-state index >= 15 is 0 Å². The number of hydrogen-bond donors (Lipinski definition) is 1. The van der Waals surface area contributed by atoms with Crippen molar-refractivity contribution in [2.75, 3.05) is 6.61 Å². The highest BCUT2D eigenvalue weighted by Gasteiger charge is 2.47. The first kappa shape index (κ1) is 16.2. The second kappa shape index (κ2) is 6.50. The fourth-order valence-electron chi connectivity index (χ4n) is 3.55. The van der Waals surface area contributed by atoms with Crippen molar-refractivity contribution in [1.29, 1.82) is 0 Å². The largest absolute Gasteiger partial charge is 0.413 e. The molecule has 1 aliphatic heterocycles. The van der Waals surface area contributed by atoms with E-state index in [0.717, 1.165) is 6.42 Å². The Balaban J connectivity index is 2.83. The van der Waals surface area contributed by atoms with Crippen molar-refractivity contribution in [3.05, 3.63) is 0 Å².